The van der Waals surface area contributed by atoms with Gasteiger partial charge in [0.05, 0.1) is 35.4 Å². The summed E-state index contributed by atoms with van der Waals surface area (Å²) in [4.78, 5) is 64.5. The molecule has 4 rings (SSSR count). The molecule has 0 saturated carbocycles. The van der Waals surface area contributed by atoms with Crippen LogP contribution < -0.4 is 27.4 Å². The molecule has 0 aliphatic heterocycles. The molecular formula is C26H25N9O6S. The highest BCUT2D eigenvalue weighted by Gasteiger charge is 2.21. The maximum atomic E-state index is 12.7. The van der Waals surface area contributed by atoms with E-state index in [2.05, 4.69) is 35.9 Å². The topological polar surface area (TPSA) is 248 Å². The molecule has 4 aromatic rings. The number of fused-ring (bicyclic) bond motifs is 1. The lowest BCUT2D eigenvalue weighted by molar-refractivity contribution is -0.138. The zero-order chi connectivity index (χ0) is 30.2. The molecule has 16 heteroatoms. The standard InChI is InChI=1S/C26H25N9O6S/c27-20-19-21(35-26(28)34-20)30-10-15(32-19)9-29-14-7-5-13(6-8-14)22(36)33-18(25(40)41)11-42-12-31-23(37)16-3-1-2-4-17(16)24(38)39/h1-8,10,18,29H,9,11-12H2,(H,31,37)(H,33,36)(H,38,39)(H,40,41)(H4,27,28,30,34,35)/t18-/m1/s1. The van der Waals surface area contributed by atoms with Crippen LogP contribution >= 0.6 is 11.8 Å². The van der Waals surface area contributed by atoms with Gasteiger partial charge in [0.2, 0.25) is 5.95 Å². The Morgan fingerprint density at radius 3 is 2.31 bits per heavy atom. The van der Waals surface area contributed by atoms with Crippen molar-refractivity contribution < 1.29 is 29.4 Å². The van der Waals surface area contributed by atoms with E-state index >= 15 is 0 Å². The maximum Gasteiger partial charge on any atom is 0.336 e. The molecule has 2 aromatic carbocycles. The summed E-state index contributed by atoms with van der Waals surface area (Å²) in [5.74, 6) is -3.61. The van der Waals surface area contributed by atoms with Gasteiger partial charge in [-0.05, 0) is 36.4 Å². The molecule has 0 unspecified atom stereocenters. The number of rotatable bonds is 12. The minimum absolute atomic E-state index is 0.00205. The Hall–Kier alpha value is -5.51. The number of aromatic carboxylic acids is 1. The van der Waals surface area contributed by atoms with Crippen molar-refractivity contribution in [2.75, 3.05) is 28.4 Å². The van der Waals surface area contributed by atoms with Gasteiger partial charge in [-0.15, -0.1) is 11.8 Å². The fraction of sp³-hybridized carbons (Fsp3) is 0.154. The Balaban J connectivity index is 1.27. The third kappa shape index (κ3) is 7.36. The van der Waals surface area contributed by atoms with E-state index in [1.165, 1.54) is 42.6 Å². The predicted octanol–water partition coefficient (Wildman–Crippen LogP) is 1.20. The van der Waals surface area contributed by atoms with Gasteiger partial charge in [0, 0.05) is 17.0 Å². The Labute approximate surface area is 242 Å². The summed E-state index contributed by atoms with van der Waals surface area (Å²) in [6, 6.07) is 10.9. The lowest BCUT2D eigenvalue weighted by Gasteiger charge is -2.15. The number of anilines is 3. The monoisotopic (exact) mass is 591 g/mol. The molecule has 0 aliphatic rings. The van der Waals surface area contributed by atoms with Gasteiger partial charge < -0.3 is 37.6 Å². The number of benzene rings is 2. The van der Waals surface area contributed by atoms with Crippen molar-refractivity contribution in [3.8, 4) is 0 Å². The molecule has 1 atom stereocenters. The van der Waals surface area contributed by atoms with Crippen molar-refractivity contribution >= 4 is 64.1 Å². The molecule has 2 heterocycles. The number of hydrogen-bond donors (Lipinski definition) is 7. The highest BCUT2D eigenvalue weighted by molar-refractivity contribution is 7.99. The number of nitrogen functional groups attached to an aromatic ring is 2. The molecule has 2 aromatic heterocycles. The van der Waals surface area contributed by atoms with E-state index in [1.54, 1.807) is 12.1 Å². The molecule has 0 saturated heterocycles. The molecule has 216 valence electrons. The molecule has 9 N–H and O–H groups in total. The smallest absolute Gasteiger partial charge is 0.336 e. The number of carboxylic acid groups (broad SMARTS) is 2. The lowest BCUT2D eigenvalue weighted by atomic mass is 10.1. The number of nitrogens with zero attached hydrogens (tertiary/aromatic N) is 4. The second kappa shape index (κ2) is 13.2. The van der Waals surface area contributed by atoms with E-state index in [0.717, 1.165) is 11.8 Å². The van der Waals surface area contributed by atoms with Crippen LogP contribution in [0.15, 0.2) is 54.7 Å². The molecule has 0 aliphatic carbocycles. The Morgan fingerprint density at radius 2 is 1.62 bits per heavy atom. The van der Waals surface area contributed by atoms with E-state index in [1.807, 2.05) is 0 Å². The first kappa shape index (κ1) is 29.5. The van der Waals surface area contributed by atoms with Crippen LogP contribution in [0.5, 0.6) is 0 Å². The number of carbonyl (C=O) groups excluding carboxylic acids is 2. The Bertz CT molecular complexity index is 1650. The summed E-state index contributed by atoms with van der Waals surface area (Å²) in [5, 5.41) is 26.9. The number of nitrogens with two attached hydrogens (primary N) is 2. The van der Waals surface area contributed by atoms with Gasteiger partial charge in [0.1, 0.15) is 6.04 Å². The fourth-order valence-corrected chi connectivity index (χ4v) is 4.49. The number of hydrogen-bond acceptors (Lipinski definition) is 12. The number of nitrogens with one attached hydrogen (secondary N) is 3. The second-order valence-electron chi connectivity index (χ2n) is 8.67. The summed E-state index contributed by atoms with van der Waals surface area (Å²) in [6.07, 6.45) is 1.52. The second-order valence-corrected chi connectivity index (χ2v) is 9.70. The minimum Gasteiger partial charge on any atom is -0.480 e. The summed E-state index contributed by atoms with van der Waals surface area (Å²) in [6.45, 7) is 0.287. The molecule has 15 nitrogen and oxygen atoms in total. The number of carboxylic acids is 2. The van der Waals surface area contributed by atoms with E-state index in [-0.39, 0.29) is 52.3 Å². The highest BCUT2D eigenvalue weighted by Crippen LogP contribution is 2.16. The van der Waals surface area contributed by atoms with Crippen molar-refractivity contribution in [2.45, 2.75) is 12.6 Å². The van der Waals surface area contributed by atoms with Crippen molar-refractivity contribution in [3.05, 3.63) is 77.1 Å². The number of carbonyl (C=O) groups is 4. The van der Waals surface area contributed by atoms with Crippen LogP contribution in [-0.4, -0.2) is 71.6 Å². The summed E-state index contributed by atoms with van der Waals surface area (Å²) in [7, 11) is 0. The van der Waals surface area contributed by atoms with Crippen LogP contribution in [0.1, 0.15) is 36.8 Å². The van der Waals surface area contributed by atoms with Crippen LogP contribution in [0.25, 0.3) is 11.2 Å². The number of aromatic nitrogens is 4. The Morgan fingerprint density at radius 1 is 0.905 bits per heavy atom. The lowest BCUT2D eigenvalue weighted by Crippen LogP contribution is -2.43. The SMILES string of the molecule is Nc1nc(N)c2nc(CNc3ccc(C(=O)N[C@H](CSCNC(=O)c4ccccc4C(=O)O)C(=O)O)cc3)cnc2n1. The van der Waals surface area contributed by atoms with Gasteiger partial charge in [-0.1, -0.05) is 12.1 Å². The molecule has 0 spiro atoms. The largest absolute Gasteiger partial charge is 0.480 e. The quantitative estimate of drug-likeness (QED) is 0.0903. The normalized spacial score (nSPS) is 11.4. The van der Waals surface area contributed by atoms with Crippen LogP contribution in [0.2, 0.25) is 0 Å². The van der Waals surface area contributed by atoms with Crippen molar-refractivity contribution in [2.24, 2.45) is 0 Å². The minimum atomic E-state index is -1.25. The highest BCUT2D eigenvalue weighted by atomic mass is 32.2. The van der Waals surface area contributed by atoms with Crippen LogP contribution in [0.3, 0.4) is 0 Å². The van der Waals surface area contributed by atoms with Gasteiger partial charge in [-0.3, -0.25) is 9.59 Å². The van der Waals surface area contributed by atoms with Crippen molar-refractivity contribution in [1.29, 1.82) is 0 Å². The Kier molecular flexibility index (Phi) is 9.28. The first-order chi connectivity index (χ1) is 20.1. The third-order valence-corrected chi connectivity index (χ3v) is 6.66. The summed E-state index contributed by atoms with van der Waals surface area (Å²) >= 11 is 1.06. The first-order valence-corrected chi connectivity index (χ1v) is 13.4. The predicted molar refractivity (Wildman–Crippen MR) is 155 cm³/mol. The first-order valence-electron chi connectivity index (χ1n) is 12.2. The van der Waals surface area contributed by atoms with E-state index < -0.39 is 29.8 Å². The van der Waals surface area contributed by atoms with Gasteiger partial charge in [0.25, 0.3) is 11.8 Å². The molecule has 42 heavy (non-hydrogen) atoms. The summed E-state index contributed by atoms with van der Waals surface area (Å²) < 4.78 is 0. The zero-order valence-corrected chi connectivity index (χ0v) is 22.6. The van der Waals surface area contributed by atoms with Crippen LogP contribution in [0.4, 0.5) is 17.5 Å². The molecule has 0 fully saturated rings. The molecule has 0 radical (unpaired) electrons. The van der Waals surface area contributed by atoms with E-state index in [4.69, 9.17) is 11.5 Å². The third-order valence-electron chi connectivity index (χ3n) is 5.75. The van der Waals surface area contributed by atoms with Gasteiger partial charge in [-0.2, -0.15) is 9.97 Å². The van der Waals surface area contributed by atoms with Crippen molar-refractivity contribution in [1.82, 2.24) is 30.6 Å². The zero-order valence-electron chi connectivity index (χ0n) is 21.8. The summed E-state index contributed by atoms with van der Waals surface area (Å²) in [5.41, 5.74) is 13.3. The van der Waals surface area contributed by atoms with Crippen LogP contribution in [0, 0.1) is 0 Å². The fourth-order valence-electron chi connectivity index (χ4n) is 3.67. The number of thioether (sulfide) groups is 1. The molecule has 2 amide bonds. The van der Waals surface area contributed by atoms with E-state index in [9.17, 15) is 29.4 Å². The number of aliphatic carboxylic acids is 1. The van der Waals surface area contributed by atoms with E-state index in [0.29, 0.717) is 16.9 Å². The maximum absolute atomic E-state index is 12.7. The average molecular weight is 592 g/mol. The number of amides is 2. The van der Waals surface area contributed by atoms with Crippen molar-refractivity contribution in [3.63, 3.8) is 0 Å². The molecular weight excluding hydrogens is 566 g/mol. The molecule has 0 bridgehead atoms. The van der Waals surface area contributed by atoms with Crippen LogP contribution in [-0.2, 0) is 11.3 Å². The average Bonchev–Trinajstić information content (AvgIpc) is 2.97. The van der Waals surface area contributed by atoms with Gasteiger partial charge >= 0.3 is 11.9 Å². The van der Waals surface area contributed by atoms with Gasteiger partial charge in [0.15, 0.2) is 17.0 Å². The van der Waals surface area contributed by atoms with Gasteiger partial charge in [-0.25, -0.2) is 19.6 Å².